The van der Waals surface area contributed by atoms with E-state index < -0.39 is 0 Å². The van der Waals surface area contributed by atoms with E-state index in [-0.39, 0.29) is 0 Å². The van der Waals surface area contributed by atoms with Crippen LogP contribution in [0.3, 0.4) is 0 Å². The van der Waals surface area contributed by atoms with Crippen molar-refractivity contribution in [2.24, 2.45) is 5.92 Å². The van der Waals surface area contributed by atoms with Crippen molar-refractivity contribution in [3.05, 3.63) is 24.5 Å². The summed E-state index contributed by atoms with van der Waals surface area (Å²) in [6, 6.07) is 3.98. The van der Waals surface area contributed by atoms with Crippen LogP contribution in [-0.4, -0.2) is 26.8 Å². The van der Waals surface area contributed by atoms with Gasteiger partial charge >= 0.3 is 0 Å². The first-order valence-corrected chi connectivity index (χ1v) is 7.05. The summed E-state index contributed by atoms with van der Waals surface area (Å²) in [5.74, 6) is 1.86. The molecule has 0 saturated carbocycles. The normalized spacial score (nSPS) is 17.1. The highest BCUT2D eigenvalue weighted by molar-refractivity contribution is 6.99. The molecule has 94 valence electrons. The van der Waals surface area contributed by atoms with Crippen molar-refractivity contribution in [2.75, 3.05) is 18.0 Å². The minimum absolute atomic E-state index is 0.828. The Labute approximate surface area is 111 Å². The third-order valence-electron chi connectivity index (χ3n) is 3.49. The molecule has 0 unspecified atom stereocenters. The van der Waals surface area contributed by atoms with Gasteiger partial charge in [0, 0.05) is 31.0 Å². The van der Waals surface area contributed by atoms with E-state index in [9.17, 15) is 0 Å². The highest BCUT2D eigenvalue weighted by Crippen LogP contribution is 2.30. The van der Waals surface area contributed by atoms with E-state index in [1.807, 2.05) is 18.3 Å². The van der Waals surface area contributed by atoms with Crippen LogP contribution in [-0.2, 0) is 0 Å². The van der Waals surface area contributed by atoms with Crippen molar-refractivity contribution in [2.45, 2.75) is 19.8 Å². The molecular formula is C13H16N4S. The van der Waals surface area contributed by atoms with Gasteiger partial charge in [-0.25, -0.2) is 0 Å². The van der Waals surface area contributed by atoms with Crippen molar-refractivity contribution < 1.29 is 0 Å². The Balaban J connectivity index is 1.88. The van der Waals surface area contributed by atoms with Gasteiger partial charge in [0.25, 0.3) is 0 Å². The second-order valence-electron chi connectivity index (χ2n) is 4.85. The van der Waals surface area contributed by atoms with Crippen LogP contribution in [0.1, 0.15) is 19.8 Å². The molecule has 18 heavy (non-hydrogen) atoms. The summed E-state index contributed by atoms with van der Waals surface area (Å²) in [5.41, 5.74) is 2.03. The fourth-order valence-electron chi connectivity index (χ4n) is 2.30. The standard InChI is InChI=1S/C13H16N4S/c1-10-4-7-17(8-5-10)13-12(15-18-16-13)11-3-2-6-14-9-11/h2-3,6,9-10H,4-5,7-8H2,1H3. The molecule has 1 saturated heterocycles. The number of hydrogen-bond donors (Lipinski definition) is 0. The Morgan fingerprint density at radius 1 is 1.28 bits per heavy atom. The van der Waals surface area contributed by atoms with Gasteiger partial charge in [-0.2, -0.15) is 8.75 Å². The van der Waals surface area contributed by atoms with E-state index in [2.05, 4.69) is 25.6 Å². The van der Waals surface area contributed by atoms with Crippen LogP contribution in [0.4, 0.5) is 5.82 Å². The maximum Gasteiger partial charge on any atom is 0.170 e. The van der Waals surface area contributed by atoms with Gasteiger partial charge < -0.3 is 4.90 Å². The molecule has 0 N–H and O–H groups in total. The van der Waals surface area contributed by atoms with E-state index in [0.717, 1.165) is 36.1 Å². The van der Waals surface area contributed by atoms with Crippen molar-refractivity contribution in [3.63, 3.8) is 0 Å². The number of anilines is 1. The lowest BCUT2D eigenvalue weighted by Crippen LogP contribution is -2.33. The molecule has 0 atom stereocenters. The molecule has 0 aliphatic carbocycles. The number of aromatic nitrogens is 3. The molecule has 5 heteroatoms. The fraction of sp³-hybridized carbons (Fsp3) is 0.462. The summed E-state index contributed by atoms with van der Waals surface area (Å²) in [6.07, 6.45) is 6.12. The zero-order valence-corrected chi connectivity index (χ0v) is 11.2. The average Bonchev–Trinajstić information content (AvgIpc) is 2.90. The number of rotatable bonds is 2. The van der Waals surface area contributed by atoms with Gasteiger partial charge in [-0.1, -0.05) is 6.92 Å². The topological polar surface area (TPSA) is 41.9 Å². The molecule has 0 bridgehead atoms. The monoisotopic (exact) mass is 260 g/mol. The number of piperidine rings is 1. The van der Waals surface area contributed by atoms with E-state index in [1.54, 1.807) is 6.20 Å². The average molecular weight is 260 g/mol. The van der Waals surface area contributed by atoms with Crippen molar-refractivity contribution in [1.29, 1.82) is 0 Å². The van der Waals surface area contributed by atoms with E-state index in [0.29, 0.717) is 0 Å². The minimum Gasteiger partial charge on any atom is -0.354 e. The Hall–Kier alpha value is -1.49. The molecule has 4 nitrogen and oxygen atoms in total. The molecule has 1 aliphatic rings. The van der Waals surface area contributed by atoms with Crippen LogP contribution in [0.5, 0.6) is 0 Å². The summed E-state index contributed by atoms with van der Waals surface area (Å²) < 4.78 is 8.90. The van der Waals surface area contributed by atoms with Gasteiger partial charge in [0.05, 0.1) is 11.7 Å². The van der Waals surface area contributed by atoms with Crippen LogP contribution >= 0.6 is 11.7 Å². The first-order chi connectivity index (χ1) is 8.84. The highest BCUT2D eigenvalue weighted by atomic mass is 32.1. The van der Waals surface area contributed by atoms with E-state index in [1.165, 1.54) is 24.6 Å². The van der Waals surface area contributed by atoms with Gasteiger partial charge in [-0.3, -0.25) is 4.98 Å². The lowest BCUT2D eigenvalue weighted by molar-refractivity contribution is 0.437. The molecule has 0 amide bonds. The van der Waals surface area contributed by atoms with Crippen LogP contribution in [0.2, 0.25) is 0 Å². The predicted molar refractivity (Wildman–Crippen MR) is 73.8 cm³/mol. The summed E-state index contributed by atoms with van der Waals surface area (Å²) >= 11 is 1.29. The van der Waals surface area contributed by atoms with Crippen molar-refractivity contribution in [3.8, 4) is 11.3 Å². The van der Waals surface area contributed by atoms with Gasteiger partial charge in [0.15, 0.2) is 5.82 Å². The van der Waals surface area contributed by atoms with Gasteiger partial charge in [-0.05, 0) is 30.9 Å². The largest absolute Gasteiger partial charge is 0.354 e. The third-order valence-corrected chi connectivity index (χ3v) is 4.01. The molecule has 2 aromatic heterocycles. The number of hydrogen-bond acceptors (Lipinski definition) is 5. The quantitative estimate of drug-likeness (QED) is 0.832. The summed E-state index contributed by atoms with van der Waals surface area (Å²) in [7, 11) is 0. The zero-order valence-electron chi connectivity index (χ0n) is 10.4. The maximum atomic E-state index is 4.47. The van der Waals surface area contributed by atoms with Crippen LogP contribution < -0.4 is 4.90 Å². The van der Waals surface area contributed by atoms with E-state index in [4.69, 9.17) is 0 Å². The van der Waals surface area contributed by atoms with Gasteiger partial charge in [0.2, 0.25) is 0 Å². The Morgan fingerprint density at radius 3 is 2.83 bits per heavy atom. The molecule has 1 aliphatic heterocycles. The molecule has 3 rings (SSSR count). The third kappa shape index (κ3) is 2.22. The van der Waals surface area contributed by atoms with Crippen LogP contribution in [0, 0.1) is 5.92 Å². The summed E-state index contributed by atoms with van der Waals surface area (Å²) in [4.78, 5) is 6.51. The van der Waals surface area contributed by atoms with Gasteiger partial charge in [0.1, 0.15) is 5.69 Å². The number of nitrogens with zero attached hydrogens (tertiary/aromatic N) is 4. The second-order valence-corrected chi connectivity index (χ2v) is 5.38. The molecule has 1 fully saturated rings. The van der Waals surface area contributed by atoms with Crippen molar-refractivity contribution in [1.82, 2.24) is 13.7 Å². The second kappa shape index (κ2) is 5.02. The Bertz CT molecular complexity index is 503. The van der Waals surface area contributed by atoms with Crippen molar-refractivity contribution >= 4 is 17.5 Å². The highest BCUT2D eigenvalue weighted by Gasteiger charge is 2.21. The molecular weight excluding hydrogens is 244 g/mol. The molecule has 3 heterocycles. The molecule has 0 spiro atoms. The predicted octanol–water partition coefficient (Wildman–Crippen LogP) is 2.84. The van der Waals surface area contributed by atoms with Gasteiger partial charge in [-0.15, -0.1) is 0 Å². The molecule has 0 radical (unpaired) electrons. The van der Waals surface area contributed by atoms with Crippen LogP contribution in [0.15, 0.2) is 24.5 Å². The fourth-order valence-corrected chi connectivity index (χ4v) is 2.89. The smallest absolute Gasteiger partial charge is 0.170 e. The first kappa shape index (κ1) is 11.6. The summed E-state index contributed by atoms with van der Waals surface area (Å²) in [5, 5.41) is 0. The zero-order chi connectivity index (χ0) is 12.4. The Morgan fingerprint density at radius 2 is 2.11 bits per heavy atom. The lowest BCUT2D eigenvalue weighted by atomic mass is 9.99. The maximum absolute atomic E-state index is 4.47. The molecule has 2 aromatic rings. The molecule has 0 aromatic carbocycles. The number of pyridine rings is 1. The minimum atomic E-state index is 0.828. The Kier molecular flexibility index (Phi) is 3.23. The van der Waals surface area contributed by atoms with E-state index >= 15 is 0 Å². The lowest BCUT2D eigenvalue weighted by Gasteiger charge is -2.30. The SMILES string of the molecule is CC1CCN(c2nsnc2-c2cccnc2)CC1. The first-order valence-electron chi connectivity index (χ1n) is 6.32. The van der Waals surface area contributed by atoms with Crippen LogP contribution in [0.25, 0.3) is 11.3 Å². The summed E-state index contributed by atoms with van der Waals surface area (Å²) in [6.45, 7) is 4.48.